The van der Waals surface area contributed by atoms with E-state index in [4.69, 9.17) is 19.2 Å². The summed E-state index contributed by atoms with van der Waals surface area (Å²) in [6.07, 6.45) is 0.0502. The Morgan fingerprint density at radius 2 is 1.81 bits per heavy atom. The third-order valence-corrected chi connectivity index (χ3v) is 6.29. The fourth-order valence-electron chi connectivity index (χ4n) is 3.79. The molecule has 0 amide bonds. The quantitative estimate of drug-likeness (QED) is 0.406. The van der Waals surface area contributed by atoms with Gasteiger partial charge in [-0.1, -0.05) is 36.0 Å². The van der Waals surface area contributed by atoms with Crippen LogP contribution in [-0.2, 0) is 9.53 Å². The van der Waals surface area contributed by atoms with Gasteiger partial charge in [0.1, 0.15) is 17.6 Å². The van der Waals surface area contributed by atoms with Crippen molar-refractivity contribution in [3.8, 4) is 34.0 Å². The number of H-pyrrole nitrogens is 1. The van der Waals surface area contributed by atoms with Crippen molar-refractivity contribution in [3.05, 3.63) is 48.5 Å². The van der Waals surface area contributed by atoms with E-state index in [-0.39, 0.29) is 18.5 Å². The maximum atomic E-state index is 11.8. The van der Waals surface area contributed by atoms with E-state index in [0.29, 0.717) is 17.3 Å². The number of aromatic nitrogens is 2. The van der Waals surface area contributed by atoms with E-state index >= 15 is 0 Å². The summed E-state index contributed by atoms with van der Waals surface area (Å²) >= 11 is 1.46. The maximum absolute atomic E-state index is 11.8. The topological polar surface area (TPSA) is 93.7 Å². The van der Waals surface area contributed by atoms with Gasteiger partial charge in [-0.05, 0) is 31.2 Å². The molecule has 3 aromatic rings. The molecule has 0 spiro atoms. The molecule has 8 heteroatoms. The Morgan fingerprint density at radius 3 is 2.47 bits per heavy atom. The lowest BCUT2D eigenvalue weighted by Crippen LogP contribution is -2.41. The number of methoxy groups -OCH3 is 2. The van der Waals surface area contributed by atoms with Crippen LogP contribution < -0.4 is 9.47 Å². The predicted molar refractivity (Wildman–Crippen MR) is 123 cm³/mol. The number of ether oxygens (including phenoxy) is 3. The number of carbonyl (C=O) groups is 1. The molecule has 1 aromatic heterocycles. The smallest absolute Gasteiger partial charge is 0.309 e. The second-order valence-corrected chi connectivity index (χ2v) is 9.04. The molecule has 0 saturated carbocycles. The first kappa shape index (κ1) is 22.2. The summed E-state index contributed by atoms with van der Waals surface area (Å²) in [6.45, 7) is 1.67. The van der Waals surface area contributed by atoms with E-state index in [1.165, 1.54) is 11.8 Å². The summed E-state index contributed by atoms with van der Waals surface area (Å²) in [4.78, 5) is 20.1. The number of carbonyl (C=O) groups excluding carboxylic acids is 1. The molecular formula is C24H26N2O5S. The number of hydrogen-bond donors (Lipinski definition) is 2. The molecule has 168 valence electrons. The highest BCUT2D eigenvalue weighted by Gasteiger charge is 2.36. The zero-order chi connectivity index (χ0) is 22.7. The summed E-state index contributed by atoms with van der Waals surface area (Å²) in [7, 11) is 3.27. The number of benzene rings is 2. The van der Waals surface area contributed by atoms with Crippen LogP contribution in [-0.4, -0.2) is 52.7 Å². The molecule has 32 heavy (non-hydrogen) atoms. The average Bonchev–Trinajstić information content (AvgIpc) is 3.21. The van der Waals surface area contributed by atoms with Crippen molar-refractivity contribution in [2.75, 3.05) is 20.0 Å². The molecule has 2 heterocycles. The SMILES string of the molecule is COc1cccc(-c2nc(SC[C@@H]3C[C@](C)(O)CC(=O)O3)[nH]c2-c2cccc(OC)c2)c1. The highest BCUT2D eigenvalue weighted by molar-refractivity contribution is 7.99. The second-order valence-electron chi connectivity index (χ2n) is 8.03. The zero-order valence-corrected chi connectivity index (χ0v) is 19.1. The third-order valence-electron chi connectivity index (χ3n) is 5.28. The molecule has 0 aliphatic carbocycles. The van der Waals surface area contributed by atoms with Gasteiger partial charge >= 0.3 is 5.97 Å². The Balaban J connectivity index is 1.65. The number of aliphatic hydroxyl groups is 1. The Labute approximate surface area is 191 Å². The van der Waals surface area contributed by atoms with Crippen molar-refractivity contribution >= 4 is 17.7 Å². The van der Waals surface area contributed by atoms with Gasteiger partial charge in [-0.2, -0.15) is 0 Å². The molecule has 2 N–H and O–H groups in total. The van der Waals surface area contributed by atoms with Gasteiger partial charge in [-0.15, -0.1) is 0 Å². The number of nitrogens with zero attached hydrogens (tertiary/aromatic N) is 1. The van der Waals surface area contributed by atoms with Crippen LogP contribution in [0.5, 0.6) is 11.5 Å². The molecule has 1 aliphatic rings. The van der Waals surface area contributed by atoms with Gasteiger partial charge in [0, 0.05) is 23.3 Å². The van der Waals surface area contributed by atoms with E-state index < -0.39 is 5.60 Å². The van der Waals surface area contributed by atoms with Crippen LogP contribution in [0.4, 0.5) is 0 Å². The zero-order valence-electron chi connectivity index (χ0n) is 18.3. The summed E-state index contributed by atoms with van der Waals surface area (Å²) in [5.74, 6) is 1.61. The van der Waals surface area contributed by atoms with Gasteiger partial charge in [0.05, 0.1) is 37.6 Å². The number of hydrogen-bond acceptors (Lipinski definition) is 7. The predicted octanol–water partition coefficient (Wildman–Crippen LogP) is 4.31. The summed E-state index contributed by atoms with van der Waals surface area (Å²) < 4.78 is 16.2. The molecule has 2 aromatic carbocycles. The number of nitrogens with one attached hydrogen (secondary N) is 1. The number of imidazole rings is 1. The minimum atomic E-state index is -1.04. The Morgan fingerprint density at radius 1 is 1.16 bits per heavy atom. The molecule has 1 saturated heterocycles. The molecular weight excluding hydrogens is 428 g/mol. The van der Waals surface area contributed by atoms with E-state index in [1.54, 1.807) is 21.1 Å². The van der Waals surface area contributed by atoms with Crippen LogP contribution in [0.3, 0.4) is 0 Å². The Kier molecular flexibility index (Phi) is 6.43. The van der Waals surface area contributed by atoms with Crippen molar-refractivity contribution < 1.29 is 24.1 Å². The van der Waals surface area contributed by atoms with Gasteiger partial charge < -0.3 is 24.3 Å². The molecule has 7 nitrogen and oxygen atoms in total. The summed E-state index contributed by atoms with van der Waals surface area (Å²) in [5.41, 5.74) is 2.45. The van der Waals surface area contributed by atoms with Crippen molar-refractivity contribution in [2.24, 2.45) is 0 Å². The van der Waals surface area contributed by atoms with Crippen LogP contribution in [0.2, 0.25) is 0 Å². The van der Waals surface area contributed by atoms with E-state index in [0.717, 1.165) is 34.0 Å². The molecule has 2 atom stereocenters. The molecule has 4 rings (SSSR count). The van der Waals surface area contributed by atoms with Crippen molar-refractivity contribution in [3.63, 3.8) is 0 Å². The lowest BCUT2D eigenvalue weighted by atomic mass is 9.93. The minimum absolute atomic E-state index is 0.0227. The summed E-state index contributed by atoms with van der Waals surface area (Å²) in [5, 5.41) is 11.0. The summed E-state index contributed by atoms with van der Waals surface area (Å²) in [6, 6.07) is 15.5. The highest BCUT2D eigenvalue weighted by atomic mass is 32.2. The number of rotatable bonds is 7. The third kappa shape index (κ3) is 5.08. The molecule has 0 radical (unpaired) electrons. The van der Waals surface area contributed by atoms with E-state index in [1.807, 2.05) is 48.5 Å². The normalized spacial score (nSPS) is 20.6. The number of thioether (sulfide) groups is 1. The van der Waals surface area contributed by atoms with Crippen LogP contribution in [0, 0.1) is 0 Å². The van der Waals surface area contributed by atoms with Crippen LogP contribution in [0.15, 0.2) is 53.7 Å². The van der Waals surface area contributed by atoms with Gasteiger partial charge in [-0.25, -0.2) is 4.98 Å². The van der Waals surface area contributed by atoms with E-state index in [2.05, 4.69) is 4.98 Å². The van der Waals surface area contributed by atoms with E-state index in [9.17, 15) is 9.90 Å². The van der Waals surface area contributed by atoms with Crippen LogP contribution in [0.25, 0.3) is 22.5 Å². The Hall–Kier alpha value is -2.97. The minimum Gasteiger partial charge on any atom is -0.497 e. The molecule has 1 fully saturated rings. The van der Waals surface area contributed by atoms with Gasteiger partial charge in [0.2, 0.25) is 0 Å². The van der Waals surface area contributed by atoms with Gasteiger partial charge in [0.25, 0.3) is 0 Å². The monoisotopic (exact) mass is 454 g/mol. The average molecular weight is 455 g/mol. The maximum Gasteiger partial charge on any atom is 0.309 e. The van der Waals surface area contributed by atoms with Crippen LogP contribution in [0.1, 0.15) is 19.8 Å². The first-order valence-electron chi connectivity index (χ1n) is 10.3. The number of cyclic esters (lactones) is 1. The van der Waals surface area contributed by atoms with Crippen LogP contribution >= 0.6 is 11.8 Å². The van der Waals surface area contributed by atoms with Crippen molar-refractivity contribution in [2.45, 2.75) is 36.6 Å². The van der Waals surface area contributed by atoms with Gasteiger partial charge in [0.15, 0.2) is 5.16 Å². The highest BCUT2D eigenvalue weighted by Crippen LogP contribution is 2.36. The van der Waals surface area contributed by atoms with Crippen molar-refractivity contribution in [1.82, 2.24) is 9.97 Å². The fourth-order valence-corrected chi connectivity index (χ4v) is 4.65. The molecule has 1 aliphatic heterocycles. The van der Waals surface area contributed by atoms with Gasteiger partial charge in [-0.3, -0.25) is 4.79 Å². The lowest BCUT2D eigenvalue weighted by Gasteiger charge is -2.32. The van der Waals surface area contributed by atoms with Crippen molar-refractivity contribution in [1.29, 1.82) is 0 Å². The largest absolute Gasteiger partial charge is 0.497 e. The first-order valence-corrected chi connectivity index (χ1v) is 11.3. The first-order chi connectivity index (χ1) is 15.4. The lowest BCUT2D eigenvalue weighted by molar-refractivity contribution is -0.165. The fraction of sp³-hybridized carbons (Fsp3) is 0.333. The Bertz CT molecular complexity index is 1050. The molecule has 0 unspecified atom stereocenters. The molecule has 0 bridgehead atoms. The second kappa shape index (κ2) is 9.26. The number of aromatic amines is 1. The standard InChI is InChI=1S/C24H26N2O5S/c1-24(28)12-19(31-20(27)13-24)14-32-23-25-21(15-6-4-8-17(10-15)29-2)22(26-23)16-7-5-9-18(11-16)30-3/h4-11,19,28H,12-14H2,1-3H3,(H,25,26)/t19-,24-/m0/s1. The number of esters is 1.